The largest absolute Gasteiger partial charge is 0.398 e. The molecule has 0 aliphatic rings. The van der Waals surface area contributed by atoms with Gasteiger partial charge in [0.1, 0.15) is 4.90 Å². The van der Waals surface area contributed by atoms with Crippen LogP contribution in [-0.2, 0) is 16.6 Å². The van der Waals surface area contributed by atoms with E-state index in [0.717, 1.165) is 0 Å². The highest BCUT2D eigenvalue weighted by atomic mass is 35.5. The zero-order chi connectivity index (χ0) is 16.5. The van der Waals surface area contributed by atoms with Crippen molar-refractivity contribution >= 4 is 62.1 Å². The van der Waals surface area contributed by atoms with Crippen LogP contribution in [-0.4, -0.2) is 8.42 Å². The minimum absolute atomic E-state index is 0.0129. The van der Waals surface area contributed by atoms with Crippen LogP contribution in [0.4, 0.5) is 5.69 Å². The molecule has 0 unspecified atom stereocenters. The van der Waals surface area contributed by atoms with E-state index in [1.54, 1.807) is 18.2 Å². The zero-order valence-electron chi connectivity index (χ0n) is 10.9. The van der Waals surface area contributed by atoms with Crippen molar-refractivity contribution in [2.45, 2.75) is 11.4 Å². The fourth-order valence-electron chi connectivity index (χ4n) is 1.83. The first-order valence-electron chi connectivity index (χ1n) is 5.88. The molecule has 0 saturated heterocycles. The van der Waals surface area contributed by atoms with Gasteiger partial charge in [-0.25, -0.2) is 13.1 Å². The topological polar surface area (TPSA) is 72.2 Å². The van der Waals surface area contributed by atoms with Crippen LogP contribution in [0.5, 0.6) is 0 Å². The highest BCUT2D eigenvalue weighted by molar-refractivity contribution is 7.89. The average Bonchev–Trinajstić information content (AvgIpc) is 2.33. The molecule has 0 radical (unpaired) electrons. The Morgan fingerprint density at radius 1 is 0.909 bits per heavy atom. The Morgan fingerprint density at radius 2 is 1.45 bits per heavy atom. The molecular weight excluding hydrogens is 390 g/mol. The maximum absolute atomic E-state index is 12.3. The number of hydrogen-bond donors (Lipinski definition) is 2. The molecule has 0 bridgehead atoms. The number of halogens is 4. The molecular formula is C13H10Cl4N2O2S. The lowest BCUT2D eigenvalue weighted by molar-refractivity contribution is 0.582. The molecule has 0 aliphatic carbocycles. The first-order valence-corrected chi connectivity index (χ1v) is 8.88. The smallest absolute Gasteiger partial charge is 0.244 e. The van der Waals surface area contributed by atoms with Gasteiger partial charge in [0.25, 0.3) is 0 Å². The number of benzene rings is 2. The van der Waals surface area contributed by atoms with Crippen molar-refractivity contribution in [1.82, 2.24) is 4.72 Å². The molecule has 0 heterocycles. The third-order valence-electron chi connectivity index (χ3n) is 2.69. The van der Waals surface area contributed by atoms with Crippen LogP contribution in [0.25, 0.3) is 0 Å². The SMILES string of the molecule is Nc1cc(Cl)cc(Cl)c1S(=O)(=O)NCc1cc(Cl)cc(Cl)c1. The molecule has 4 nitrogen and oxygen atoms in total. The fourth-order valence-corrected chi connectivity index (χ4v) is 4.40. The molecule has 0 atom stereocenters. The Balaban J connectivity index is 2.29. The molecule has 3 N–H and O–H groups in total. The Labute approximate surface area is 148 Å². The summed E-state index contributed by atoms with van der Waals surface area (Å²) in [5, 5.41) is 1.01. The third kappa shape index (κ3) is 4.19. The number of anilines is 1. The summed E-state index contributed by atoms with van der Waals surface area (Å²) in [7, 11) is -3.91. The molecule has 2 aromatic carbocycles. The van der Waals surface area contributed by atoms with Crippen LogP contribution in [0.2, 0.25) is 20.1 Å². The number of nitrogens with one attached hydrogen (secondary N) is 1. The van der Waals surface area contributed by atoms with Gasteiger partial charge in [0.15, 0.2) is 0 Å². The van der Waals surface area contributed by atoms with Crippen molar-refractivity contribution in [3.05, 3.63) is 56.0 Å². The molecule has 9 heteroatoms. The van der Waals surface area contributed by atoms with Crippen molar-refractivity contribution in [1.29, 1.82) is 0 Å². The number of sulfonamides is 1. The quantitative estimate of drug-likeness (QED) is 0.750. The monoisotopic (exact) mass is 398 g/mol. The van der Waals surface area contributed by atoms with E-state index in [9.17, 15) is 8.42 Å². The lowest BCUT2D eigenvalue weighted by atomic mass is 10.2. The fraction of sp³-hybridized carbons (Fsp3) is 0.0769. The molecule has 118 valence electrons. The predicted molar refractivity (Wildman–Crippen MR) is 91.4 cm³/mol. The first-order chi connectivity index (χ1) is 10.2. The van der Waals surface area contributed by atoms with E-state index in [-0.39, 0.29) is 27.2 Å². The Hall–Kier alpha value is -0.690. The maximum Gasteiger partial charge on any atom is 0.244 e. The summed E-state index contributed by atoms with van der Waals surface area (Å²) in [5.41, 5.74) is 6.26. The van der Waals surface area contributed by atoms with E-state index in [4.69, 9.17) is 52.1 Å². The highest BCUT2D eigenvalue weighted by Gasteiger charge is 2.21. The van der Waals surface area contributed by atoms with E-state index in [2.05, 4.69) is 4.72 Å². The van der Waals surface area contributed by atoms with Gasteiger partial charge in [-0.3, -0.25) is 0 Å². The summed E-state index contributed by atoms with van der Waals surface area (Å²) >= 11 is 23.4. The van der Waals surface area contributed by atoms with Gasteiger partial charge in [-0.1, -0.05) is 46.4 Å². The molecule has 2 rings (SSSR count). The van der Waals surface area contributed by atoms with Gasteiger partial charge in [0, 0.05) is 21.6 Å². The van der Waals surface area contributed by atoms with Gasteiger partial charge in [0.2, 0.25) is 10.0 Å². The van der Waals surface area contributed by atoms with Gasteiger partial charge in [-0.2, -0.15) is 0 Å². The lowest BCUT2D eigenvalue weighted by Crippen LogP contribution is -2.24. The highest BCUT2D eigenvalue weighted by Crippen LogP contribution is 2.31. The summed E-state index contributed by atoms with van der Waals surface area (Å²) in [6.07, 6.45) is 0. The molecule has 0 saturated carbocycles. The van der Waals surface area contributed by atoms with Gasteiger partial charge >= 0.3 is 0 Å². The summed E-state index contributed by atoms with van der Waals surface area (Å²) in [6, 6.07) is 7.38. The Morgan fingerprint density at radius 3 is 2.00 bits per heavy atom. The van der Waals surface area contributed by atoms with E-state index in [1.165, 1.54) is 12.1 Å². The number of hydrogen-bond acceptors (Lipinski definition) is 3. The molecule has 0 spiro atoms. The third-order valence-corrected chi connectivity index (χ3v) is 5.28. The van der Waals surface area contributed by atoms with Crippen molar-refractivity contribution in [3.63, 3.8) is 0 Å². The minimum Gasteiger partial charge on any atom is -0.398 e. The lowest BCUT2D eigenvalue weighted by Gasteiger charge is -2.11. The molecule has 0 aromatic heterocycles. The van der Waals surface area contributed by atoms with Gasteiger partial charge in [0.05, 0.1) is 10.7 Å². The van der Waals surface area contributed by atoms with Gasteiger partial charge in [-0.05, 0) is 35.9 Å². The number of nitrogens with two attached hydrogens (primary N) is 1. The maximum atomic E-state index is 12.3. The Kier molecular flexibility index (Phi) is 5.48. The van der Waals surface area contributed by atoms with Crippen LogP contribution in [0.1, 0.15) is 5.56 Å². The van der Waals surface area contributed by atoms with E-state index >= 15 is 0 Å². The second-order valence-electron chi connectivity index (χ2n) is 4.41. The average molecular weight is 400 g/mol. The standard InChI is InChI=1S/C13H10Cl4N2O2S/c14-8-1-7(2-9(15)3-8)6-19-22(20,21)13-11(17)4-10(16)5-12(13)18/h1-5,19H,6,18H2. The van der Waals surface area contributed by atoms with Crippen LogP contribution in [0.15, 0.2) is 35.2 Å². The predicted octanol–water partition coefficient (Wildman–Crippen LogP) is 4.36. The molecule has 2 aromatic rings. The van der Waals surface area contributed by atoms with E-state index in [1.807, 2.05) is 0 Å². The molecule has 0 aliphatic heterocycles. The van der Waals surface area contributed by atoms with E-state index < -0.39 is 10.0 Å². The Bertz CT molecular complexity index is 782. The normalized spacial score (nSPS) is 11.6. The van der Waals surface area contributed by atoms with Gasteiger partial charge < -0.3 is 5.73 Å². The van der Waals surface area contributed by atoms with Crippen LogP contribution < -0.4 is 10.5 Å². The molecule has 0 amide bonds. The summed E-state index contributed by atoms with van der Waals surface area (Å²) in [6.45, 7) is -0.0129. The molecule has 0 fully saturated rings. The first kappa shape index (κ1) is 17.7. The zero-order valence-corrected chi connectivity index (χ0v) is 14.7. The minimum atomic E-state index is -3.91. The second kappa shape index (κ2) is 6.83. The number of nitrogen functional groups attached to an aromatic ring is 1. The van der Waals surface area contributed by atoms with Crippen molar-refractivity contribution in [3.8, 4) is 0 Å². The number of rotatable bonds is 4. The second-order valence-corrected chi connectivity index (χ2v) is 7.83. The summed E-state index contributed by atoms with van der Waals surface area (Å²) < 4.78 is 27.1. The van der Waals surface area contributed by atoms with Crippen LogP contribution in [0.3, 0.4) is 0 Å². The van der Waals surface area contributed by atoms with Crippen LogP contribution >= 0.6 is 46.4 Å². The summed E-state index contributed by atoms with van der Waals surface area (Å²) in [5.74, 6) is 0. The van der Waals surface area contributed by atoms with E-state index in [0.29, 0.717) is 15.6 Å². The van der Waals surface area contributed by atoms with Gasteiger partial charge in [-0.15, -0.1) is 0 Å². The van der Waals surface area contributed by atoms with Crippen LogP contribution in [0, 0.1) is 0 Å². The summed E-state index contributed by atoms with van der Waals surface area (Å²) in [4.78, 5) is -0.216. The van der Waals surface area contributed by atoms with Crippen molar-refractivity contribution in [2.75, 3.05) is 5.73 Å². The van der Waals surface area contributed by atoms with Crippen molar-refractivity contribution < 1.29 is 8.42 Å². The van der Waals surface area contributed by atoms with Crippen molar-refractivity contribution in [2.24, 2.45) is 0 Å². The molecule has 22 heavy (non-hydrogen) atoms.